The van der Waals surface area contributed by atoms with Gasteiger partial charge in [-0.15, -0.1) is 0 Å². The number of nitrogens with zero attached hydrogens (tertiary/aromatic N) is 1. The minimum Gasteiger partial charge on any atom is -0.507 e. The first-order valence-corrected chi connectivity index (χ1v) is 8.97. The maximum absolute atomic E-state index is 13.3. The van der Waals surface area contributed by atoms with Crippen molar-refractivity contribution in [2.24, 2.45) is 4.99 Å². The van der Waals surface area contributed by atoms with Crippen LogP contribution in [0.1, 0.15) is 76.5 Å². The van der Waals surface area contributed by atoms with Crippen LogP contribution in [-0.4, -0.2) is 11.3 Å². The number of hydrogen-bond donors (Lipinski definition) is 1. The summed E-state index contributed by atoms with van der Waals surface area (Å²) in [6.45, 7) is 12.7. The summed E-state index contributed by atoms with van der Waals surface area (Å²) in [5.41, 5.74) is 3.60. The molecule has 0 saturated carbocycles. The Bertz CT molecular complexity index is 685. The zero-order chi connectivity index (χ0) is 19.0. The molecule has 0 aliphatic heterocycles. The van der Waals surface area contributed by atoms with E-state index in [4.69, 9.17) is 0 Å². The second-order valence-corrected chi connectivity index (χ2v) is 6.76. The quantitative estimate of drug-likeness (QED) is 0.285. The SMILES string of the molecule is CC(C)c1cccc(C(C)C)c1N=Cc1cc(F)ccc1O.CCC.[CH3-].[Pd]. The maximum atomic E-state index is 13.3. The van der Waals surface area contributed by atoms with Crippen molar-refractivity contribution in [3.05, 3.63) is 66.3 Å². The Kier molecular flexibility index (Phi) is 14.0. The number of benzene rings is 2. The Morgan fingerprint density at radius 2 is 1.48 bits per heavy atom. The molecule has 0 aliphatic rings. The number of rotatable bonds is 4. The summed E-state index contributed by atoms with van der Waals surface area (Å²) >= 11 is 0. The molecule has 27 heavy (non-hydrogen) atoms. The largest absolute Gasteiger partial charge is 0.507 e. The molecule has 2 aromatic rings. The van der Waals surface area contributed by atoms with Gasteiger partial charge in [-0.2, -0.15) is 0 Å². The van der Waals surface area contributed by atoms with Crippen LogP contribution < -0.4 is 0 Å². The Morgan fingerprint density at radius 3 is 1.93 bits per heavy atom. The van der Waals surface area contributed by atoms with Crippen LogP contribution >= 0.6 is 0 Å². The summed E-state index contributed by atoms with van der Waals surface area (Å²) < 4.78 is 13.3. The van der Waals surface area contributed by atoms with Crippen molar-refractivity contribution in [3.63, 3.8) is 0 Å². The molecule has 0 fully saturated rings. The predicted molar refractivity (Wildman–Crippen MR) is 112 cm³/mol. The zero-order valence-electron chi connectivity index (χ0n) is 17.5. The molecule has 154 valence electrons. The van der Waals surface area contributed by atoms with Gasteiger partial charge in [-0.1, -0.05) is 66.2 Å². The molecule has 0 radical (unpaired) electrons. The summed E-state index contributed by atoms with van der Waals surface area (Å²) in [6, 6.07) is 10.0. The fourth-order valence-electron chi connectivity index (χ4n) is 2.42. The van der Waals surface area contributed by atoms with Gasteiger partial charge in [0, 0.05) is 32.2 Å². The van der Waals surface area contributed by atoms with Crippen LogP contribution in [0.25, 0.3) is 0 Å². The zero-order valence-corrected chi connectivity index (χ0v) is 19.0. The fraction of sp³-hybridized carbons (Fsp3) is 0.391. The normalized spacial score (nSPS) is 10.3. The van der Waals surface area contributed by atoms with Gasteiger partial charge in [-0.25, -0.2) is 4.39 Å². The number of halogens is 1. The smallest absolute Gasteiger partial charge is 0.124 e. The molecule has 0 amide bonds. The van der Waals surface area contributed by atoms with E-state index in [9.17, 15) is 9.50 Å². The molecule has 1 N–H and O–H groups in total. The summed E-state index contributed by atoms with van der Waals surface area (Å²) in [5.74, 6) is 0.317. The molecule has 2 rings (SSSR count). The van der Waals surface area contributed by atoms with Gasteiger partial charge in [0.05, 0.1) is 5.69 Å². The van der Waals surface area contributed by atoms with Crippen molar-refractivity contribution in [2.75, 3.05) is 0 Å². The average Bonchev–Trinajstić information content (AvgIpc) is 2.55. The molecule has 0 unspecified atom stereocenters. The van der Waals surface area contributed by atoms with Crippen molar-refractivity contribution >= 4 is 11.9 Å². The molecule has 2 aromatic carbocycles. The monoisotopic (exact) mass is 464 g/mol. The van der Waals surface area contributed by atoms with E-state index in [-0.39, 0.29) is 39.4 Å². The molecule has 0 heterocycles. The van der Waals surface area contributed by atoms with Gasteiger partial charge >= 0.3 is 0 Å². The van der Waals surface area contributed by atoms with Gasteiger partial charge in [-0.05, 0) is 41.2 Å². The van der Waals surface area contributed by atoms with E-state index in [2.05, 4.69) is 58.7 Å². The van der Waals surface area contributed by atoms with Crippen LogP contribution in [0.4, 0.5) is 10.1 Å². The number of aliphatic imine (C=N–C) groups is 1. The van der Waals surface area contributed by atoms with Gasteiger partial charge < -0.3 is 12.5 Å². The molecule has 0 saturated heterocycles. The first kappa shape index (κ1) is 27.7. The Hall–Kier alpha value is -1.50. The Balaban J connectivity index is 0. The van der Waals surface area contributed by atoms with Gasteiger partial charge in [0.25, 0.3) is 0 Å². The molecule has 0 bridgehead atoms. The second-order valence-electron chi connectivity index (χ2n) is 6.76. The number of aromatic hydroxyl groups is 1. The van der Waals surface area contributed by atoms with Crippen LogP contribution in [0.3, 0.4) is 0 Å². The molecular formula is C23H33FNOPd-. The van der Waals surface area contributed by atoms with Crippen LogP contribution in [0.2, 0.25) is 0 Å². The molecule has 0 aliphatic carbocycles. The fourth-order valence-corrected chi connectivity index (χ4v) is 2.42. The third-order valence-corrected chi connectivity index (χ3v) is 3.66. The minimum atomic E-state index is -0.388. The van der Waals surface area contributed by atoms with E-state index in [1.54, 1.807) is 0 Å². The van der Waals surface area contributed by atoms with Crippen molar-refractivity contribution in [1.29, 1.82) is 0 Å². The number of hydrogen-bond acceptors (Lipinski definition) is 2. The topological polar surface area (TPSA) is 32.6 Å². The van der Waals surface area contributed by atoms with Gasteiger partial charge in [0.15, 0.2) is 0 Å². The first-order chi connectivity index (χ1) is 11.8. The van der Waals surface area contributed by atoms with E-state index in [1.165, 1.54) is 30.8 Å². The minimum absolute atomic E-state index is 0. The first-order valence-electron chi connectivity index (χ1n) is 8.97. The molecule has 0 aromatic heterocycles. The van der Waals surface area contributed by atoms with Crippen LogP contribution in [-0.2, 0) is 20.4 Å². The number of phenols is 1. The van der Waals surface area contributed by atoms with E-state index in [1.807, 2.05) is 6.07 Å². The van der Waals surface area contributed by atoms with E-state index < -0.39 is 0 Å². The van der Waals surface area contributed by atoms with Crippen molar-refractivity contribution in [1.82, 2.24) is 0 Å². The summed E-state index contributed by atoms with van der Waals surface area (Å²) in [5, 5.41) is 9.81. The molecule has 0 atom stereocenters. The summed E-state index contributed by atoms with van der Waals surface area (Å²) in [6.07, 6.45) is 2.78. The van der Waals surface area contributed by atoms with Crippen molar-refractivity contribution in [2.45, 2.75) is 59.8 Å². The Labute approximate surface area is 178 Å². The third-order valence-electron chi connectivity index (χ3n) is 3.66. The maximum Gasteiger partial charge on any atom is 0.124 e. The van der Waals surface area contributed by atoms with Crippen LogP contribution in [0.15, 0.2) is 41.4 Å². The van der Waals surface area contributed by atoms with Crippen molar-refractivity contribution in [3.8, 4) is 5.75 Å². The number of para-hydroxylation sites is 1. The average molecular weight is 465 g/mol. The number of phenolic OH excluding ortho intramolecular Hbond substituents is 1. The second kappa shape index (κ2) is 13.6. The summed E-state index contributed by atoms with van der Waals surface area (Å²) in [7, 11) is 0. The van der Waals surface area contributed by atoms with Crippen LogP contribution in [0.5, 0.6) is 5.75 Å². The molecule has 0 spiro atoms. The Morgan fingerprint density at radius 1 is 1.00 bits per heavy atom. The van der Waals surface area contributed by atoms with Gasteiger partial charge in [0.2, 0.25) is 0 Å². The van der Waals surface area contributed by atoms with Crippen LogP contribution in [0, 0.1) is 13.2 Å². The third kappa shape index (κ3) is 8.37. The van der Waals surface area contributed by atoms with E-state index >= 15 is 0 Å². The van der Waals surface area contributed by atoms with E-state index in [0.717, 1.165) is 16.8 Å². The predicted octanol–water partition coefficient (Wildman–Crippen LogP) is 7.39. The van der Waals surface area contributed by atoms with Gasteiger partial charge in [0.1, 0.15) is 11.6 Å². The molecular weight excluding hydrogens is 432 g/mol. The molecule has 4 heteroatoms. The summed E-state index contributed by atoms with van der Waals surface area (Å²) in [4.78, 5) is 4.57. The van der Waals surface area contributed by atoms with Crippen molar-refractivity contribution < 1.29 is 29.9 Å². The molecule has 2 nitrogen and oxygen atoms in total. The van der Waals surface area contributed by atoms with Gasteiger partial charge in [-0.3, -0.25) is 4.99 Å². The standard InChI is InChI=1S/C19H22FNO.C3H8.CH3.Pd/c1-12(2)16-6-5-7-17(13(3)4)19(16)21-11-14-10-15(20)8-9-18(14)22;1-3-2;;/h5-13,22H,1-4H3;3H2,1-2H3;1H3;/q;;-1;. The van der Waals surface area contributed by atoms with E-state index in [0.29, 0.717) is 17.4 Å².